The van der Waals surface area contributed by atoms with Crippen molar-refractivity contribution in [3.63, 3.8) is 0 Å². The first kappa shape index (κ1) is 19.8. The maximum absolute atomic E-state index is 9.06. The van der Waals surface area contributed by atoms with Gasteiger partial charge in [-0.1, -0.05) is 6.58 Å². The lowest BCUT2D eigenvalue weighted by Gasteiger charge is -2.37. The fraction of sp³-hybridized carbons (Fsp3) is 0.500. The summed E-state index contributed by atoms with van der Waals surface area (Å²) in [6, 6.07) is 4.67. The molecule has 1 fully saturated rings. The molecule has 24 heavy (non-hydrogen) atoms. The second-order valence-electron chi connectivity index (χ2n) is 5.91. The van der Waals surface area contributed by atoms with Gasteiger partial charge in [-0.3, -0.25) is 4.79 Å². The van der Waals surface area contributed by atoms with E-state index in [-0.39, 0.29) is 0 Å². The number of methoxy groups -OCH3 is 1. The maximum atomic E-state index is 9.06. The fourth-order valence-electron chi connectivity index (χ4n) is 2.85. The summed E-state index contributed by atoms with van der Waals surface area (Å²) >= 11 is 0. The van der Waals surface area contributed by atoms with Crippen LogP contribution in [0.1, 0.15) is 12.8 Å². The average Bonchev–Trinajstić information content (AvgIpc) is 2.61. The Kier molecular flexibility index (Phi) is 8.12. The minimum atomic E-state index is 0.639. The number of rotatable bonds is 5. The number of nitrogen functional groups attached to an aromatic ring is 1. The lowest BCUT2D eigenvalue weighted by molar-refractivity contribution is -0.104. The second kappa shape index (κ2) is 9.82. The number of benzene rings is 1. The Bertz CT molecular complexity index is 532. The van der Waals surface area contributed by atoms with E-state index in [1.54, 1.807) is 7.11 Å². The van der Waals surface area contributed by atoms with Crippen molar-refractivity contribution in [3.05, 3.63) is 24.8 Å². The molecule has 1 heterocycles. The lowest BCUT2D eigenvalue weighted by Crippen LogP contribution is -2.42. The number of hydrogen-bond donors (Lipinski definition) is 2. The van der Waals surface area contributed by atoms with Crippen LogP contribution < -0.4 is 20.7 Å². The third-order valence-corrected chi connectivity index (χ3v) is 4.25. The minimum Gasteiger partial charge on any atom is -0.495 e. The Morgan fingerprint density at radius 1 is 1.38 bits per heavy atom. The molecule has 1 saturated heterocycles. The van der Waals surface area contributed by atoms with Crippen LogP contribution in [-0.4, -0.2) is 58.6 Å². The van der Waals surface area contributed by atoms with Gasteiger partial charge in [0.1, 0.15) is 12.0 Å². The molecular formula is C18H30N4O2. The van der Waals surface area contributed by atoms with Crippen LogP contribution in [0.3, 0.4) is 0 Å². The Labute approximate surface area is 145 Å². The van der Waals surface area contributed by atoms with Crippen LogP contribution in [-0.2, 0) is 4.79 Å². The molecule has 0 aliphatic carbocycles. The minimum absolute atomic E-state index is 0.639. The van der Waals surface area contributed by atoms with Gasteiger partial charge in [-0.05, 0) is 39.1 Å². The van der Waals surface area contributed by atoms with Gasteiger partial charge in [-0.25, -0.2) is 0 Å². The number of allylic oxidation sites excluding steroid dienone is 1. The first-order valence-electron chi connectivity index (χ1n) is 8.11. The highest BCUT2D eigenvalue weighted by molar-refractivity contribution is 5.78. The highest BCUT2D eigenvalue weighted by Crippen LogP contribution is 2.36. The zero-order chi connectivity index (χ0) is 18.1. The van der Waals surface area contributed by atoms with Gasteiger partial charge in [0.05, 0.1) is 24.2 Å². The van der Waals surface area contributed by atoms with Gasteiger partial charge in [0.15, 0.2) is 0 Å². The zero-order valence-electron chi connectivity index (χ0n) is 15.2. The molecule has 1 aromatic rings. The molecule has 0 saturated carbocycles. The Balaban J connectivity index is 0.000000648. The average molecular weight is 334 g/mol. The largest absolute Gasteiger partial charge is 0.495 e. The number of ether oxygens (including phenoxy) is 1. The van der Waals surface area contributed by atoms with Crippen LogP contribution in [0.25, 0.3) is 0 Å². The summed E-state index contributed by atoms with van der Waals surface area (Å²) in [4.78, 5) is 13.8. The highest BCUT2D eigenvalue weighted by Gasteiger charge is 2.23. The molecule has 1 aliphatic rings. The van der Waals surface area contributed by atoms with E-state index in [1.165, 1.54) is 24.6 Å². The predicted molar refractivity (Wildman–Crippen MR) is 102 cm³/mol. The van der Waals surface area contributed by atoms with Gasteiger partial charge in [0.2, 0.25) is 0 Å². The first-order valence-corrected chi connectivity index (χ1v) is 8.11. The van der Waals surface area contributed by atoms with Gasteiger partial charge in [0, 0.05) is 32.2 Å². The van der Waals surface area contributed by atoms with Crippen molar-refractivity contribution in [1.82, 2.24) is 4.90 Å². The lowest BCUT2D eigenvalue weighted by atomic mass is 10.0. The predicted octanol–water partition coefficient (Wildman–Crippen LogP) is 2.22. The number of nitrogens with one attached hydrogen (secondary N) is 1. The number of nitrogens with two attached hydrogens (primary N) is 1. The smallest absolute Gasteiger partial charge is 0.143 e. The van der Waals surface area contributed by atoms with Crippen molar-refractivity contribution < 1.29 is 9.53 Å². The van der Waals surface area contributed by atoms with Crippen LogP contribution >= 0.6 is 0 Å². The molecule has 0 amide bonds. The van der Waals surface area contributed by atoms with Crippen LogP contribution in [0.4, 0.5) is 17.1 Å². The summed E-state index contributed by atoms with van der Waals surface area (Å²) in [5, 5.41) is 3.23. The SMILES string of the molecule is C=CC=O.CNc1cc(N)c(OC)cc1N1CCC(N(C)C)CC1. The molecule has 0 unspecified atom stereocenters. The van der Waals surface area contributed by atoms with Crippen molar-refractivity contribution >= 4 is 23.3 Å². The van der Waals surface area contributed by atoms with Gasteiger partial charge < -0.3 is 25.6 Å². The van der Waals surface area contributed by atoms with Crippen LogP contribution in [0, 0.1) is 0 Å². The van der Waals surface area contributed by atoms with Crippen LogP contribution in [0.15, 0.2) is 24.8 Å². The third kappa shape index (κ3) is 5.16. The molecule has 1 aliphatic heterocycles. The standard InChI is InChI=1S/C15H26N4O.C3H4O/c1-17-13-9-12(16)15(20-4)10-14(13)19-7-5-11(6-8-19)18(2)3;1-2-3-4/h9-11,17H,5-8,16H2,1-4H3;2-3H,1H2. The van der Waals surface area contributed by atoms with Crippen molar-refractivity contribution in [2.45, 2.75) is 18.9 Å². The van der Waals surface area contributed by atoms with Gasteiger partial charge in [0.25, 0.3) is 0 Å². The normalized spacial score (nSPS) is 14.6. The second-order valence-corrected chi connectivity index (χ2v) is 5.91. The summed E-state index contributed by atoms with van der Waals surface area (Å²) in [5.74, 6) is 0.744. The topological polar surface area (TPSA) is 70.8 Å². The van der Waals surface area contributed by atoms with Crippen molar-refractivity contribution in [3.8, 4) is 5.75 Å². The summed E-state index contributed by atoms with van der Waals surface area (Å²) in [6.07, 6.45) is 4.20. The zero-order valence-corrected chi connectivity index (χ0v) is 15.2. The number of piperidine rings is 1. The van der Waals surface area contributed by atoms with Crippen molar-refractivity contribution in [2.24, 2.45) is 0 Å². The molecule has 3 N–H and O–H groups in total. The Morgan fingerprint density at radius 2 is 1.96 bits per heavy atom. The van der Waals surface area contributed by atoms with Gasteiger partial charge in [-0.2, -0.15) is 0 Å². The van der Waals surface area contributed by atoms with E-state index in [4.69, 9.17) is 15.3 Å². The van der Waals surface area contributed by atoms with E-state index in [9.17, 15) is 0 Å². The molecule has 2 rings (SSSR count). The summed E-state index contributed by atoms with van der Waals surface area (Å²) in [6.45, 7) is 5.23. The monoisotopic (exact) mass is 334 g/mol. The Hall–Kier alpha value is -2.21. The van der Waals surface area contributed by atoms with E-state index in [0.717, 1.165) is 24.5 Å². The van der Waals surface area contributed by atoms with Crippen LogP contribution in [0.5, 0.6) is 5.75 Å². The molecule has 0 radical (unpaired) electrons. The summed E-state index contributed by atoms with van der Waals surface area (Å²) in [7, 11) is 7.90. The van der Waals surface area contributed by atoms with Gasteiger partial charge in [-0.15, -0.1) is 0 Å². The first-order chi connectivity index (χ1) is 11.5. The molecule has 0 aromatic heterocycles. The number of carbonyl (C=O) groups is 1. The molecule has 6 heteroatoms. The van der Waals surface area contributed by atoms with E-state index in [2.05, 4.69) is 35.8 Å². The number of anilines is 3. The highest BCUT2D eigenvalue weighted by atomic mass is 16.5. The van der Waals surface area contributed by atoms with E-state index < -0.39 is 0 Å². The number of carbonyl (C=O) groups excluding carboxylic acids is 1. The Morgan fingerprint density at radius 3 is 2.38 bits per heavy atom. The quantitative estimate of drug-likeness (QED) is 0.489. The molecular weight excluding hydrogens is 304 g/mol. The molecule has 0 atom stereocenters. The van der Waals surface area contributed by atoms with E-state index in [1.807, 2.05) is 19.2 Å². The molecule has 0 bridgehead atoms. The fourth-order valence-corrected chi connectivity index (χ4v) is 2.85. The number of hydrogen-bond acceptors (Lipinski definition) is 6. The van der Waals surface area contributed by atoms with Crippen LogP contribution in [0.2, 0.25) is 0 Å². The molecule has 0 spiro atoms. The molecule has 6 nitrogen and oxygen atoms in total. The van der Waals surface area contributed by atoms with Crippen molar-refractivity contribution in [1.29, 1.82) is 0 Å². The van der Waals surface area contributed by atoms with Gasteiger partial charge >= 0.3 is 0 Å². The number of aldehydes is 1. The third-order valence-electron chi connectivity index (χ3n) is 4.25. The van der Waals surface area contributed by atoms with E-state index in [0.29, 0.717) is 18.0 Å². The number of nitrogens with zero attached hydrogens (tertiary/aromatic N) is 2. The van der Waals surface area contributed by atoms with E-state index >= 15 is 0 Å². The maximum Gasteiger partial charge on any atom is 0.143 e. The molecule has 1 aromatic carbocycles. The van der Waals surface area contributed by atoms with Crippen molar-refractivity contribution in [2.75, 3.05) is 57.3 Å². The molecule has 134 valence electrons. The summed E-state index contributed by atoms with van der Waals surface area (Å²) in [5.41, 5.74) is 8.89. The summed E-state index contributed by atoms with van der Waals surface area (Å²) < 4.78 is 5.35.